The van der Waals surface area contributed by atoms with Crippen LogP contribution < -0.4 is 10.9 Å². The Bertz CT molecular complexity index is 1530. The number of carbonyl (C=O) groups is 2. The van der Waals surface area contributed by atoms with E-state index in [2.05, 4.69) is 47.4 Å². The number of aromatic nitrogens is 4. The second-order valence-corrected chi connectivity index (χ2v) is 11.9. The number of nitrogens with zero attached hydrogens (tertiary/aromatic N) is 5. The van der Waals surface area contributed by atoms with Gasteiger partial charge >= 0.3 is 0 Å². The topological polar surface area (TPSA) is 122 Å². The highest BCUT2D eigenvalue weighted by atomic mass is 16.3. The number of rotatable bonds is 10. The lowest BCUT2D eigenvalue weighted by molar-refractivity contribution is -0.137. The first-order valence-electron chi connectivity index (χ1n) is 14.8. The minimum atomic E-state index is -1.11. The molecule has 1 saturated heterocycles. The zero-order valence-electron chi connectivity index (χ0n) is 24.4. The molecule has 0 saturated carbocycles. The molecule has 42 heavy (non-hydrogen) atoms. The van der Waals surface area contributed by atoms with E-state index >= 15 is 0 Å². The van der Waals surface area contributed by atoms with Crippen molar-refractivity contribution in [2.75, 3.05) is 18.4 Å². The van der Waals surface area contributed by atoms with Crippen LogP contribution in [-0.2, 0) is 22.7 Å². The summed E-state index contributed by atoms with van der Waals surface area (Å²) in [5, 5.41) is 14.6. The van der Waals surface area contributed by atoms with Gasteiger partial charge in [0.05, 0.1) is 35.7 Å². The van der Waals surface area contributed by atoms with Gasteiger partial charge < -0.3 is 19.9 Å². The van der Waals surface area contributed by atoms with Gasteiger partial charge in [0, 0.05) is 50.6 Å². The largest absolute Gasteiger partial charge is 0.388 e. The van der Waals surface area contributed by atoms with Crippen molar-refractivity contribution in [3.8, 4) is 0 Å². The summed E-state index contributed by atoms with van der Waals surface area (Å²) in [6.07, 6.45) is 16.8. The number of aliphatic hydroxyl groups is 1. The first-order chi connectivity index (χ1) is 20.2. The lowest BCUT2D eigenvalue weighted by Gasteiger charge is -2.39. The summed E-state index contributed by atoms with van der Waals surface area (Å²) in [6, 6.07) is 5.02. The maximum absolute atomic E-state index is 13.3. The molecule has 2 aromatic heterocycles. The smallest absolute Gasteiger partial charge is 0.261 e. The molecule has 0 spiro atoms. The van der Waals surface area contributed by atoms with Crippen LogP contribution in [0.4, 0.5) is 5.69 Å². The molecular weight excluding hydrogens is 532 g/mol. The predicted octanol–water partition coefficient (Wildman–Crippen LogP) is 3.91. The molecule has 1 aromatic carbocycles. The van der Waals surface area contributed by atoms with Crippen molar-refractivity contribution in [2.45, 2.75) is 71.1 Å². The van der Waals surface area contributed by atoms with Crippen molar-refractivity contribution in [3.05, 3.63) is 77.4 Å². The molecule has 2 N–H and O–H groups in total. The minimum Gasteiger partial charge on any atom is -0.388 e. The number of imidazole rings is 1. The van der Waals surface area contributed by atoms with Crippen LogP contribution >= 0.6 is 0 Å². The number of nitrogens with one attached hydrogen (secondary N) is 1. The summed E-state index contributed by atoms with van der Waals surface area (Å²) in [5.41, 5.74) is 0.929. The molecular formula is C32H40N6O4. The van der Waals surface area contributed by atoms with Gasteiger partial charge in [0.2, 0.25) is 11.8 Å². The van der Waals surface area contributed by atoms with Gasteiger partial charge in [-0.25, -0.2) is 9.97 Å². The average Bonchev–Trinajstić information content (AvgIpc) is 3.51. The fourth-order valence-electron chi connectivity index (χ4n) is 5.83. The van der Waals surface area contributed by atoms with E-state index in [0.717, 1.165) is 12.8 Å². The first-order valence-corrected chi connectivity index (χ1v) is 14.8. The molecule has 222 valence electrons. The van der Waals surface area contributed by atoms with E-state index < -0.39 is 5.60 Å². The Balaban J connectivity index is 1.18. The molecule has 1 aliphatic carbocycles. The molecule has 2 aliphatic rings. The summed E-state index contributed by atoms with van der Waals surface area (Å²) in [5.74, 6) is 0.515. The molecule has 2 amide bonds. The van der Waals surface area contributed by atoms with E-state index in [1.54, 1.807) is 36.9 Å². The Hall–Kier alpha value is -4.05. The van der Waals surface area contributed by atoms with Crippen LogP contribution in [0.25, 0.3) is 10.9 Å². The highest BCUT2D eigenvalue weighted by Gasteiger charge is 2.35. The minimum absolute atomic E-state index is 0.107. The standard InChI is InChI=1S/C32H40N6O4/c1-23(2)27(24-6-4-3-5-7-24)19-30(40)37-15-11-32(42,12-16-37)20-38-22-34-28-18-25(8-9-26(28)31(38)41)35-29(39)10-14-36-17-13-33-21-36/h4,6-9,13,17-18,21-23,27,42H,3,5,10-12,14-16,19-20H2,1-2H3,(H,35,39)/t27-/m0/s1. The van der Waals surface area contributed by atoms with E-state index in [1.165, 1.54) is 16.5 Å². The Morgan fingerprint density at radius 3 is 2.64 bits per heavy atom. The van der Waals surface area contributed by atoms with Crippen LogP contribution in [0.15, 0.2) is 71.8 Å². The Morgan fingerprint density at radius 2 is 1.95 bits per heavy atom. The van der Waals surface area contributed by atoms with E-state index in [9.17, 15) is 19.5 Å². The van der Waals surface area contributed by atoms with Crippen LogP contribution in [0.3, 0.4) is 0 Å². The summed E-state index contributed by atoms with van der Waals surface area (Å²) in [6.45, 7) is 5.85. The summed E-state index contributed by atoms with van der Waals surface area (Å²) in [4.78, 5) is 49.1. The fraction of sp³-hybridized carbons (Fsp3) is 0.469. The Morgan fingerprint density at radius 1 is 1.14 bits per heavy atom. The third-order valence-electron chi connectivity index (χ3n) is 8.43. The van der Waals surface area contributed by atoms with E-state index in [4.69, 9.17) is 0 Å². The third kappa shape index (κ3) is 7.05. The number of hydrogen-bond acceptors (Lipinski definition) is 6. The summed E-state index contributed by atoms with van der Waals surface area (Å²) >= 11 is 0. The number of fused-ring (bicyclic) bond motifs is 1. The van der Waals surface area contributed by atoms with Crippen molar-refractivity contribution >= 4 is 28.4 Å². The van der Waals surface area contributed by atoms with Crippen LogP contribution in [-0.4, -0.2) is 59.6 Å². The second kappa shape index (κ2) is 12.9. The van der Waals surface area contributed by atoms with Crippen molar-refractivity contribution in [1.29, 1.82) is 0 Å². The van der Waals surface area contributed by atoms with Crippen LogP contribution in [0.1, 0.15) is 52.4 Å². The van der Waals surface area contributed by atoms with Gasteiger partial charge in [0.25, 0.3) is 5.56 Å². The fourth-order valence-corrected chi connectivity index (χ4v) is 5.83. The number of carbonyl (C=O) groups excluding carboxylic acids is 2. The average molecular weight is 573 g/mol. The number of allylic oxidation sites excluding steroid dienone is 4. The first kappa shape index (κ1) is 29.4. The van der Waals surface area contributed by atoms with Crippen molar-refractivity contribution < 1.29 is 14.7 Å². The Labute approximate surface area is 245 Å². The SMILES string of the molecule is CC(C)[C@H](CC(=O)N1CCC(O)(Cn2cnc3cc(NC(=O)CCn4ccnc4)ccc3c2=O)CC1)C1=CCCC=C1. The van der Waals surface area contributed by atoms with E-state index in [-0.39, 0.29) is 29.8 Å². The molecule has 5 rings (SSSR count). The predicted molar refractivity (Wildman–Crippen MR) is 162 cm³/mol. The van der Waals surface area contributed by atoms with E-state index in [0.29, 0.717) is 67.8 Å². The highest BCUT2D eigenvalue weighted by Crippen LogP contribution is 2.30. The van der Waals surface area contributed by atoms with Gasteiger partial charge in [-0.1, -0.05) is 32.1 Å². The number of likely N-dealkylation sites (tertiary alicyclic amines) is 1. The van der Waals surface area contributed by atoms with Gasteiger partial charge in [-0.15, -0.1) is 0 Å². The summed E-state index contributed by atoms with van der Waals surface area (Å²) in [7, 11) is 0. The van der Waals surface area contributed by atoms with Crippen molar-refractivity contribution in [3.63, 3.8) is 0 Å². The normalized spacial score (nSPS) is 17.3. The lowest BCUT2D eigenvalue weighted by Crippen LogP contribution is -2.50. The quantitative estimate of drug-likeness (QED) is 0.380. The molecule has 1 aliphatic heterocycles. The molecule has 3 aromatic rings. The van der Waals surface area contributed by atoms with Crippen molar-refractivity contribution in [1.82, 2.24) is 24.0 Å². The maximum Gasteiger partial charge on any atom is 0.261 e. The number of piperidine rings is 1. The Kier molecular flexibility index (Phi) is 9.01. The number of aryl methyl sites for hydroxylation is 1. The zero-order chi connectivity index (χ0) is 29.7. The van der Waals surface area contributed by atoms with Gasteiger partial charge in [-0.2, -0.15) is 0 Å². The zero-order valence-corrected chi connectivity index (χ0v) is 24.4. The number of hydrogen-bond donors (Lipinski definition) is 2. The second-order valence-electron chi connectivity index (χ2n) is 11.9. The van der Waals surface area contributed by atoms with Crippen molar-refractivity contribution in [2.24, 2.45) is 11.8 Å². The number of amides is 2. The highest BCUT2D eigenvalue weighted by molar-refractivity contribution is 5.93. The van der Waals surface area contributed by atoms with Crippen LogP contribution in [0.2, 0.25) is 0 Å². The molecule has 3 heterocycles. The van der Waals surface area contributed by atoms with E-state index in [1.807, 2.05) is 9.47 Å². The third-order valence-corrected chi connectivity index (χ3v) is 8.43. The molecule has 1 fully saturated rings. The maximum atomic E-state index is 13.3. The van der Waals surface area contributed by atoms with Crippen LogP contribution in [0.5, 0.6) is 0 Å². The summed E-state index contributed by atoms with van der Waals surface area (Å²) < 4.78 is 3.27. The van der Waals surface area contributed by atoms with Gasteiger partial charge in [-0.3, -0.25) is 19.0 Å². The number of benzene rings is 1. The molecule has 0 radical (unpaired) electrons. The molecule has 10 nitrogen and oxygen atoms in total. The van der Waals surface area contributed by atoms with Crippen LogP contribution in [0, 0.1) is 11.8 Å². The lowest BCUT2D eigenvalue weighted by atomic mass is 9.82. The molecule has 10 heteroatoms. The molecule has 1 atom stereocenters. The van der Waals surface area contributed by atoms with Gasteiger partial charge in [0.15, 0.2) is 0 Å². The molecule has 0 bridgehead atoms. The van der Waals surface area contributed by atoms with Gasteiger partial charge in [0.1, 0.15) is 0 Å². The molecule has 0 unspecified atom stereocenters. The monoisotopic (exact) mass is 572 g/mol. The van der Waals surface area contributed by atoms with Gasteiger partial charge in [-0.05, 0) is 61.3 Å². The number of anilines is 1.